The summed E-state index contributed by atoms with van der Waals surface area (Å²) >= 11 is 42.8. The fraction of sp³-hybridized carbons (Fsp3) is 0.484. The number of halogens is 8. The van der Waals surface area contributed by atoms with Gasteiger partial charge in [0.15, 0.2) is 19.3 Å². The number of carbonyl (C=O) groups excluding carboxylic acids is 8. The van der Waals surface area contributed by atoms with E-state index < -0.39 is 184 Å². The number of non-ortho nitro benzene ring substituents is 4. The van der Waals surface area contributed by atoms with E-state index in [2.05, 4.69) is 31.9 Å². The molecule has 4 rings (SSSR count). The van der Waals surface area contributed by atoms with Crippen molar-refractivity contribution in [2.45, 2.75) is 121 Å². The smallest absolute Gasteiger partial charge is 0.550 e. The number of rotatable bonds is 36. The maximum absolute atomic E-state index is 11.3. The van der Waals surface area contributed by atoms with E-state index in [9.17, 15) is 120 Å². The Labute approximate surface area is 700 Å². The average molecular weight is 1770 g/mol. The molecule has 0 saturated carbocycles. The van der Waals surface area contributed by atoms with Crippen LogP contribution < -0.4 is 42.1 Å². The Balaban J connectivity index is -0.00000126. The van der Waals surface area contributed by atoms with Crippen LogP contribution in [0, 0.1) is 51.3 Å². The number of amides is 6. The molecule has 0 radical (unpaired) electrons. The molecule has 0 aromatic heterocycles. The van der Waals surface area contributed by atoms with Gasteiger partial charge in [0.2, 0.25) is 11.8 Å². The van der Waals surface area contributed by atoms with Crippen LogP contribution in [0.15, 0.2) is 97.1 Å². The summed E-state index contributed by atoms with van der Waals surface area (Å²) in [5, 5.41) is 189. The van der Waals surface area contributed by atoms with Gasteiger partial charge >= 0.3 is 37.7 Å². The van der Waals surface area contributed by atoms with Gasteiger partial charge in [-0.05, 0) is 70.8 Å². The number of hydrogen-bond acceptors (Lipinski definition) is 30. The van der Waals surface area contributed by atoms with Crippen molar-refractivity contribution in [1.82, 2.24) is 31.9 Å². The van der Waals surface area contributed by atoms with E-state index in [1.54, 1.807) is 0 Å². The molecule has 18 N–H and O–H groups in total. The Morgan fingerprint density at radius 1 is 0.351 bits per heavy atom. The van der Waals surface area contributed by atoms with Gasteiger partial charge in [0.25, 0.3) is 46.4 Å². The van der Waals surface area contributed by atoms with E-state index in [-0.39, 0.29) is 99.6 Å². The van der Waals surface area contributed by atoms with Gasteiger partial charge in [-0.25, -0.2) is 0 Å². The molecule has 0 bridgehead atoms. The molecule has 0 saturated heterocycles. The Morgan fingerprint density at radius 2 is 0.523 bits per heavy atom. The molecule has 4 aromatic rings. The van der Waals surface area contributed by atoms with Crippen LogP contribution in [-0.2, 0) is 38.4 Å². The number of aliphatic hydroxyl groups excluding tert-OH is 12. The van der Waals surface area contributed by atoms with Gasteiger partial charge in [0.05, 0.1) is 83.5 Å². The number of aliphatic hydroxyl groups is 12. The van der Waals surface area contributed by atoms with E-state index in [0.717, 1.165) is 0 Å². The topological polar surface area (TPSA) is 670 Å². The van der Waals surface area contributed by atoms with Crippen LogP contribution in [0.5, 0.6) is 0 Å². The number of carboxylic acid groups (broad SMARTS) is 2. The van der Waals surface area contributed by atoms with Crippen LogP contribution in [-0.4, -0.2) is 275 Å². The molecule has 0 fully saturated rings. The molecule has 40 nitrogen and oxygen atoms in total. The van der Waals surface area contributed by atoms with Crippen molar-refractivity contribution < 1.29 is 130 Å². The maximum atomic E-state index is 11.3. The van der Waals surface area contributed by atoms with Crippen LogP contribution in [0.3, 0.4) is 0 Å². The predicted octanol–water partition coefficient (Wildman–Crippen LogP) is -1.50. The summed E-state index contributed by atoms with van der Waals surface area (Å²) in [5.74, 6) is -6.97. The van der Waals surface area contributed by atoms with Crippen molar-refractivity contribution in [1.29, 1.82) is 0 Å². The Kier molecular flexibility index (Phi) is 54.5. The van der Waals surface area contributed by atoms with Gasteiger partial charge in [-0.1, -0.05) is 121 Å². The number of hydrogen-bond donors (Lipinski definition) is 18. The first-order valence-corrected chi connectivity index (χ1v) is 34.6. The molecule has 0 aliphatic carbocycles. The van der Waals surface area contributed by atoms with Gasteiger partial charge in [0.1, 0.15) is 36.6 Å². The molecular formula is C62H80CaCl8N10O30. The monoisotopic (exact) mass is 1760 g/mol. The van der Waals surface area contributed by atoms with Crippen LogP contribution in [0.1, 0.15) is 87.2 Å². The molecule has 0 aliphatic heterocycles. The van der Waals surface area contributed by atoms with Crippen molar-refractivity contribution >= 4 is 201 Å². The molecule has 6 amide bonds. The maximum Gasteiger partial charge on any atom is 2.00 e. The number of carboxylic acids is 2. The van der Waals surface area contributed by atoms with Crippen molar-refractivity contribution in [2.75, 3.05) is 52.7 Å². The number of aliphatic carboxylic acids is 2. The standard InChI is InChI=1S/4C11H12Cl2N2O5.2C9H17NO5.Ca/c4*12-10(13)11(18)14-8(5-16)9(17)6-1-3-7(4-2-6)15(19)20;2*1-9(2,5-11)7(14)8(15)10-4-3-6(12)13;/h4*1-4,8-10,16-17H,5H2,(H,14,18);2*7,11,14H,3-5H2,1-2H3,(H,10,15)(H,12,13);/q;;;;;;+2/p-2/t4*8-,9-;2*7-;/m111100./s1. The van der Waals surface area contributed by atoms with Gasteiger partial charge in [-0.3, -0.25) is 69.2 Å². The molecule has 0 heterocycles. The second-order valence-corrected chi connectivity index (χ2v) is 27.9. The molecule has 0 spiro atoms. The zero-order chi connectivity index (χ0) is 85.3. The second kappa shape index (κ2) is 55.7. The van der Waals surface area contributed by atoms with Gasteiger partial charge in [-0.2, -0.15) is 0 Å². The van der Waals surface area contributed by atoms with E-state index in [1.165, 1.54) is 125 Å². The van der Waals surface area contributed by atoms with Crippen LogP contribution >= 0.6 is 92.8 Å². The summed E-state index contributed by atoms with van der Waals surface area (Å²) in [7, 11) is 0. The number of benzene rings is 4. The minimum Gasteiger partial charge on any atom is -0.550 e. The van der Waals surface area contributed by atoms with E-state index in [0.29, 0.717) is 22.3 Å². The van der Waals surface area contributed by atoms with Crippen molar-refractivity contribution in [3.63, 3.8) is 0 Å². The summed E-state index contributed by atoms with van der Waals surface area (Å²) in [6.07, 6.45) is -8.37. The first-order chi connectivity index (χ1) is 51.1. The molecule has 0 unspecified atom stereocenters. The Hall–Kier alpha value is -6.66. The third kappa shape index (κ3) is 41.8. The normalized spacial score (nSPS) is 13.6. The van der Waals surface area contributed by atoms with Gasteiger partial charge in [-0.15, -0.1) is 0 Å². The number of alkyl halides is 8. The second-order valence-electron chi connectivity index (χ2n) is 23.5. The van der Waals surface area contributed by atoms with Gasteiger partial charge < -0.3 is 113 Å². The molecule has 49 heteroatoms. The number of nitro benzene ring substituents is 4. The summed E-state index contributed by atoms with van der Waals surface area (Å²) < 4.78 is 0. The van der Waals surface area contributed by atoms with Gasteiger partial charge in [0, 0.05) is 97.2 Å². The largest absolute Gasteiger partial charge is 2.00 e. The van der Waals surface area contributed by atoms with Crippen molar-refractivity contribution in [3.8, 4) is 0 Å². The SMILES string of the molecule is CC(C)(CO)[C@@H](O)C(=O)NCCC(=O)[O-].CC(C)(CO)[C@@H](O)C(=O)NCCC(=O)[O-].O=C(N[C@H](CO)[C@H](O)c1ccc([N+](=O)[O-])cc1)C(Cl)Cl.O=C(N[C@H](CO)[C@H](O)c1ccc([N+](=O)[O-])cc1)C(Cl)Cl.O=C(N[C@H](CO)[C@H](O)c1ccc([N+](=O)[O-])cc1)C(Cl)Cl.O=C(N[C@H](CO)[C@H](O)c1ccc([N+](=O)[O-])cc1)C(Cl)Cl.[Ca+2]. The predicted molar refractivity (Wildman–Crippen MR) is 395 cm³/mol. The molecule has 111 heavy (non-hydrogen) atoms. The summed E-state index contributed by atoms with van der Waals surface area (Å²) in [6, 6.07) is 16.2. The van der Waals surface area contributed by atoms with Crippen LogP contribution in [0.25, 0.3) is 0 Å². The zero-order valence-corrected chi connectivity index (χ0v) is 66.9. The fourth-order valence-corrected chi connectivity index (χ4v) is 8.14. The van der Waals surface area contributed by atoms with Crippen LogP contribution in [0.2, 0.25) is 0 Å². The van der Waals surface area contributed by atoms with Crippen LogP contribution in [0.4, 0.5) is 22.7 Å². The molecular weight excluding hydrogens is 1690 g/mol. The zero-order valence-electron chi connectivity index (χ0n) is 58.6. The number of nitrogens with one attached hydrogen (secondary N) is 6. The molecule has 0 aliphatic rings. The van der Waals surface area contributed by atoms with E-state index >= 15 is 0 Å². The minimum atomic E-state index is -1.37. The Morgan fingerprint density at radius 3 is 0.649 bits per heavy atom. The van der Waals surface area contributed by atoms with Crippen molar-refractivity contribution in [2.24, 2.45) is 10.8 Å². The number of nitro groups is 4. The number of nitrogens with zero attached hydrogens (tertiary/aromatic N) is 4. The molecule has 10 atom stereocenters. The number of carbonyl (C=O) groups is 8. The summed E-state index contributed by atoms with van der Waals surface area (Å²) in [6.45, 7) is 3.01. The molecule has 616 valence electrons. The average Bonchev–Trinajstić information content (AvgIpc) is 0.877. The fourth-order valence-electron chi connectivity index (χ4n) is 7.63. The Bertz CT molecular complexity index is 3170. The summed E-state index contributed by atoms with van der Waals surface area (Å²) in [5.41, 5.74) is -1.23. The third-order valence-electron chi connectivity index (χ3n) is 14.2. The molecule has 4 aromatic carbocycles. The first kappa shape index (κ1) is 108. The van der Waals surface area contributed by atoms with E-state index in [1.807, 2.05) is 0 Å². The van der Waals surface area contributed by atoms with Crippen molar-refractivity contribution in [3.05, 3.63) is 160 Å². The minimum absolute atomic E-state index is 0. The first-order valence-electron chi connectivity index (χ1n) is 31.1. The quantitative estimate of drug-likeness (QED) is 0.0107. The third-order valence-corrected chi connectivity index (χ3v) is 15.8. The van der Waals surface area contributed by atoms with E-state index in [4.69, 9.17) is 123 Å². The summed E-state index contributed by atoms with van der Waals surface area (Å²) in [4.78, 5) is 122.